The third-order valence-electron chi connectivity index (χ3n) is 3.82. The van der Waals surface area contributed by atoms with Gasteiger partial charge < -0.3 is 20.2 Å². The number of hydrogen-bond acceptors (Lipinski definition) is 4. The summed E-state index contributed by atoms with van der Waals surface area (Å²) in [6.07, 6.45) is 1.20. The summed E-state index contributed by atoms with van der Waals surface area (Å²) in [7, 11) is 1.92. The van der Waals surface area contributed by atoms with Crippen LogP contribution in [0.3, 0.4) is 0 Å². The fourth-order valence-electron chi connectivity index (χ4n) is 2.11. The van der Waals surface area contributed by atoms with E-state index in [-0.39, 0.29) is 12.1 Å². The minimum Gasteiger partial charge on any atom is -0.394 e. The number of aliphatic hydroxyl groups excluding tert-OH is 1. The fraction of sp³-hybridized carbons (Fsp3) is 1.00. The Hall–Kier alpha value is -0.160. The van der Waals surface area contributed by atoms with Gasteiger partial charge in [-0.05, 0) is 53.1 Å². The molecular formula is C14H33N3O. The minimum absolute atomic E-state index is 0.177. The Labute approximate surface area is 113 Å². The molecule has 0 aliphatic rings. The first-order valence-electron chi connectivity index (χ1n) is 7.29. The Morgan fingerprint density at radius 2 is 1.50 bits per heavy atom. The van der Waals surface area contributed by atoms with Crippen LogP contribution >= 0.6 is 0 Å². The highest BCUT2D eigenvalue weighted by atomic mass is 16.3. The molecule has 0 aromatic heterocycles. The highest BCUT2D eigenvalue weighted by Crippen LogP contribution is 2.06. The van der Waals surface area contributed by atoms with Gasteiger partial charge in [0, 0.05) is 6.54 Å². The number of hydrogen-bond donors (Lipinski definition) is 2. The molecule has 0 aliphatic carbocycles. The first-order chi connectivity index (χ1) is 8.55. The van der Waals surface area contributed by atoms with E-state index in [2.05, 4.69) is 42.8 Å². The van der Waals surface area contributed by atoms with Gasteiger partial charge in [0.1, 0.15) is 0 Å². The van der Waals surface area contributed by atoms with Gasteiger partial charge in [0.25, 0.3) is 0 Å². The second kappa shape index (κ2) is 9.73. The summed E-state index contributed by atoms with van der Waals surface area (Å²) in [5.74, 6) is 0. The molecule has 2 N–H and O–H groups in total. The summed E-state index contributed by atoms with van der Waals surface area (Å²) in [5, 5.41) is 12.6. The Morgan fingerprint density at radius 1 is 1.00 bits per heavy atom. The summed E-state index contributed by atoms with van der Waals surface area (Å²) in [4.78, 5) is 4.87. The largest absolute Gasteiger partial charge is 0.394 e. The van der Waals surface area contributed by atoms with E-state index in [0.29, 0.717) is 0 Å². The molecule has 4 heteroatoms. The van der Waals surface area contributed by atoms with Crippen molar-refractivity contribution in [2.24, 2.45) is 0 Å². The average molecular weight is 259 g/mol. The number of aliphatic hydroxyl groups is 1. The second-order valence-corrected chi connectivity index (χ2v) is 5.22. The molecular weight excluding hydrogens is 226 g/mol. The lowest BCUT2D eigenvalue weighted by Gasteiger charge is -2.33. The Balaban J connectivity index is 4.04. The summed E-state index contributed by atoms with van der Waals surface area (Å²) in [6.45, 7) is 15.3. The van der Waals surface area contributed by atoms with E-state index in [1.54, 1.807) is 0 Å². The second-order valence-electron chi connectivity index (χ2n) is 5.22. The molecule has 0 spiro atoms. The Morgan fingerprint density at radius 3 is 1.89 bits per heavy atom. The molecule has 0 bridgehead atoms. The van der Waals surface area contributed by atoms with Crippen molar-refractivity contribution in [3.8, 4) is 0 Å². The van der Waals surface area contributed by atoms with Gasteiger partial charge in [-0.2, -0.15) is 0 Å². The predicted octanol–water partition coefficient (Wildman–Crippen LogP) is 1.01. The van der Waals surface area contributed by atoms with Crippen molar-refractivity contribution in [3.63, 3.8) is 0 Å². The van der Waals surface area contributed by atoms with Crippen LogP contribution in [0.4, 0.5) is 0 Å². The van der Waals surface area contributed by atoms with Crippen LogP contribution in [0.2, 0.25) is 0 Å². The first kappa shape index (κ1) is 17.8. The van der Waals surface area contributed by atoms with Crippen LogP contribution in [0.25, 0.3) is 0 Å². The van der Waals surface area contributed by atoms with Crippen molar-refractivity contribution in [1.82, 2.24) is 15.1 Å². The van der Waals surface area contributed by atoms with Crippen molar-refractivity contribution in [2.75, 3.05) is 52.9 Å². The smallest absolute Gasteiger partial charge is 0.0623 e. The lowest BCUT2D eigenvalue weighted by molar-refractivity contribution is 0.125. The van der Waals surface area contributed by atoms with E-state index >= 15 is 0 Å². The quantitative estimate of drug-likeness (QED) is 0.581. The molecule has 0 heterocycles. The minimum atomic E-state index is -0.189. The normalized spacial score (nSPS) is 15.3. The third kappa shape index (κ3) is 6.69. The van der Waals surface area contributed by atoms with Gasteiger partial charge in [0.2, 0.25) is 0 Å². The molecule has 1 unspecified atom stereocenters. The SMILES string of the molecule is CCN(CC)CCCN(CC)CC(C)(CO)NC. The van der Waals surface area contributed by atoms with E-state index in [9.17, 15) is 5.11 Å². The molecule has 0 saturated heterocycles. The van der Waals surface area contributed by atoms with Crippen molar-refractivity contribution < 1.29 is 5.11 Å². The van der Waals surface area contributed by atoms with Gasteiger partial charge in [-0.25, -0.2) is 0 Å². The van der Waals surface area contributed by atoms with Gasteiger partial charge in [-0.15, -0.1) is 0 Å². The van der Waals surface area contributed by atoms with Crippen LogP contribution in [-0.4, -0.2) is 73.4 Å². The zero-order chi connectivity index (χ0) is 14.0. The van der Waals surface area contributed by atoms with Gasteiger partial charge in [-0.1, -0.05) is 20.8 Å². The zero-order valence-electron chi connectivity index (χ0n) is 13.0. The lowest BCUT2D eigenvalue weighted by Crippen LogP contribution is -2.52. The van der Waals surface area contributed by atoms with Gasteiger partial charge >= 0.3 is 0 Å². The monoisotopic (exact) mass is 259 g/mol. The van der Waals surface area contributed by atoms with Crippen molar-refractivity contribution in [3.05, 3.63) is 0 Å². The molecule has 0 radical (unpaired) electrons. The van der Waals surface area contributed by atoms with Crippen LogP contribution in [0, 0.1) is 0 Å². The van der Waals surface area contributed by atoms with Crippen LogP contribution in [0.15, 0.2) is 0 Å². The maximum absolute atomic E-state index is 9.42. The number of likely N-dealkylation sites (N-methyl/N-ethyl adjacent to an activating group) is 2. The summed E-state index contributed by atoms with van der Waals surface area (Å²) >= 11 is 0. The van der Waals surface area contributed by atoms with Crippen molar-refractivity contribution >= 4 is 0 Å². The van der Waals surface area contributed by atoms with E-state index in [4.69, 9.17) is 0 Å². The molecule has 0 aliphatic heterocycles. The molecule has 4 nitrogen and oxygen atoms in total. The standard InChI is InChI=1S/C14H33N3O/c1-6-16(7-2)10-9-11-17(8-3)12-14(4,13-18)15-5/h15,18H,6-13H2,1-5H3. The van der Waals surface area contributed by atoms with E-state index < -0.39 is 0 Å². The van der Waals surface area contributed by atoms with Crippen LogP contribution in [-0.2, 0) is 0 Å². The maximum atomic E-state index is 9.42. The van der Waals surface area contributed by atoms with E-state index in [1.165, 1.54) is 13.0 Å². The molecule has 0 aromatic carbocycles. The molecule has 1 atom stereocenters. The third-order valence-corrected chi connectivity index (χ3v) is 3.82. The Kier molecular flexibility index (Phi) is 9.64. The highest BCUT2D eigenvalue weighted by Gasteiger charge is 2.23. The number of rotatable bonds is 11. The van der Waals surface area contributed by atoms with Crippen molar-refractivity contribution in [2.45, 2.75) is 39.7 Å². The molecule has 0 rings (SSSR count). The molecule has 0 fully saturated rings. The molecule has 18 heavy (non-hydrogen) atoms. The summed E-state index contributed by atoms with van der Waals surface area (Å²) in [6, 6.07) is 0. The van der Waals surface area contributed by atoms with Crippen LogP contribution in [0.5, 0.6) is 0 Å². The lowest BCUT2D eigenvalue weighted by atomic mass is 10.0. The first-order valence-corrected chi connectivity index (χ1v) is 7.29. The molecule has 0 saturated carbocycles. The van der Waals surface area contributed by atoms with Gasteiger partial charge in [0.15, 0.2) is 0 Å². The van der Waals surface area contributed by atoms with Crippen molar-refractivity contribution in [1.29, 1.82) is 0 Å². The van der Waals surface area contributed by atoms with Crippen LogP contribution < -0.4 is 5.32 Å². The van der Waals surface area contributed by atoms with E-state index in [0.717, 1.165) is 32.7 Å². The molecule has 0 aromatic rings. The van der Waals surface area contributed by atoms with Gasteiger partial charge in [0.05, 0.1) is 12.1 Å². The molecule has 110 valence electrons. The predicted molar refractivity (Wildman–Crippen MR) is 79.1 cm³/mol. The summed E-state index contributed by atoms with van der Waals surface area (Å²) in [5.41, 5.74) is -0.189. The van der Waals surface area contributed by atoms with E-state index in [1.807, 2.05) is 7.05 Å². The topological polar surface area (TPSA) is 38.7 Å². The summed E-state index contributed by atoms with van der Waals surface area (Å²) < 4.78 is 0. The van der Waals surface area contributed by atoms with Crippen LogP contribution in [0.1, 0.15) is 34.1 Å². The fourth-order valence-corrected chi connectivity index (χ4v) is 2.11. The maximum Gasteiger partial charge on any atom is 0.0623 e. The number of nitrogens with zero attached hydrogens (tertiary/aromatic N) is 2. The molecule has 0 amide bonds. The average Bonchev–Trinajstić information content (AvgIpc) is 2.42. The highest BCUT2D eigenvalue weighted by molar-refractivity contribution is 4.84. The number of nitrogens with one attached hydrogen (secondary N) is 1. The van der Waals surface area contributed by atoms with Gasteiger partial charge in [-0.3, -0.25) is 0 Å². The Bertz CT molecular complexity index is 191. The zero-order valence-corrected chi connectivity index (χ0v) is 13.0.